The first-order valence-corrected chi connectivity index (χ1v) is 9.61. The van der Waals surface area contributed by atoms with E-state index in [1.807, 2.05) is 36.9 Å². The Morgan fingerprint density at radius 1 is 1.25 bits per heavy atom. The smallest absolute Gasteiger partial charge is 0.250 e. The molecule has 0 saturated carbocycles. The van der Waals surface area contributed by atoms with Crippen molar-refractivity contribution < 1.29 is 18.7 Å². The van der Waals surface area contributed by atoms with Gasteiger partial charge in [-0.05, 0) is 43.7 Å². The molecule has 2 atom stereocenters. The van der Waals surface area contributed by atoms with Gasteiger partial charge >= 0.3 is 0 Å². The number of halogens is 2. The van der Waals surface area contributed by atoms with Crippen LogP contribution in [0.3, 0.4) is 0 Å². The molecule has 2 unspecified atom stereocenters. The van der Waals surface area contributed by atoms with Crippen molar-refractivity contribution in [1.82, 2.24) is 0 Å². The van der Waals surface area contributed by atoms with Gasteiger partial charge in [0.1, 0.15) is 12.4 Å². The average Bonchev–Trinajstić information content (AvgIpc) is 2.62. The van der Waals surface area contributed by atoms with Crippen LogP contribution in [-0.2, 0) is 20.9 Å². The molecule has 5 nitrogen and oxygen atoms in total. The van der Waals surface area contributed by atoms with Crippen molar-refractivity contribution in [3.8, 4) is 0 Å². The van der Waals surface area contributed by atoms with E-state index in [1.54, 1.807) is 18.2 Å². The van der Waals surface area contributed by atoms with E-state index in [0.29, 0.717) is 29.5 Å². The fourth-order valence-electron chi connectivity index (χ4n) is 3.28. The Hall–Kier alpha value is -2.15. The Labute approximate surface area is 169 Å². The van der Waals surface area contributed by atoms with Crippen LogP contribution >= 0.6 is 11.6 Å². The standard InChI is InChI=1S/C21H24ClFN2O3/c1-14-10-25(11-15(2)28-14)20-8-7-17(9-19(20)23)24-21(26)13-27-12-16-5-3-4-6-18(16)22/h3-9,14-15H,10-13H2,1-2H3,(H,24,26). The second kappa shape index (κ2) is 9.37. The fourth-order valence-corrected chi connectivity index (χ4v) is 3.47. The molecule has 2 aromatic rings. The van der Waals surface area contributed by atoms with Crippen molar-refractivity contribution in [1.29, 1.82) is 0 Å². The summed E-state index contributed by atoms with van der Waals surface area (Å²) in [7, 11) is 0. The highest BCUT2D eigenvalue weighted by Crippen LogP contribution is 2.26. The third kappa shape index (κ3) is 5.44. The number of carbonyl (C=O) groups is 1. The molecule has 150 valence electrons. The Balaban J connectivity index is 1.53. The van der Waals surface area contributed by atoms with Gasteiger partial charge in [0.25, 0.3) is 0 Å². The highest BCUT2D eigenvalue weighted by molar-refractivity contribution is 6.31. The number of amides is 1. The van der Waals surface area contributed by atoms with E-state index in [2.05, 4.69) is 5.32 Å². The summed E-state index contributed by atoms with van der Waals surface area (Å²) in [6, 6.07) is 12.0. The van der Waals surface area contributed by atoms with E-state index in [0.717, 1.165) is 5.56 Å². The van der Waals surface area contributed by atoms with E-state index < -0.39 is 0 Å². The average molecular weight is 407 g/mol. The van der Waals surface area contributed by atoms with Crippen LogP contribution in [0, 0.1) is 5.82 Å². The van der Waals surface area contributed by atoms with Gasteiger partial charge in [0.15, 0.2) is 0 Å². The number of nitrogens with zero attached hydrogens (tertiary/aromatic N) is 1. The van der Waals surface area contributed by atoms with E-state index in [9.17, 15) is 9.18 Å². The molecular weight excluding hydrogens is 383 g/mol. The predicted octanol–water partition coefficient (Wildman–Crippen LogP) is 4.25. The van der Waals surface area contributed by atoms with Gasteiger partial charge in [-0.25, -0.2) is 4.39 Å². The molecule has 0 bridgehead atoms. The quantitative estimate of drug-likeness (QED) is 0.779. The molecule has 1 N–H and O–H groups in total. The van der Waals surface area contributed by atoms with Crippen LogP contribution in [-0.4, -0.2) is 37.8 Å². The van der Waals surface area contributed by atoms with Crippen molar-refractivity contribution in [2.45, 2.75) is 32.7 Å². The lowest BCUT2D eigenvalue weighted by molar-refractivity contribution is -0.121. The molecule has 7 heteroatoms. The molecule has 0 radical (unpaired) electrons. The predicted molar refractivity (Wildman–Crippen MR) is 108 cm³/mol. The van der Waals surface area contributed by atoms with Crippen molar-refractivity contribution in [2.24, 2.45) is 0 Å². The third-order valence-electron chi connectivity index (χ3n) is 4.44. The second-order valence-electron chi connectivity index (χ2n) is 6.96. The zero-order valence-corrected chi connectivity index (χ0v) is 16.7. The highest BCUT2D eigenvalue weighted by Gasteiger charge is 2.24. The maximum atomic E-state index is 14.6. The molecular formula is C21H24ClFN2O3. The number of benzene rings is 2. The lowest BCUT2D eigenvalue weighted by Crippen LogP contribution is -2.45. The summed E-state index contributed by atoms with van der Waals surface area (Å²) < 4.78 is 25.7. The van der Waals surface area contributed by atoms with Gasteiger partial charge in [-0.3, -0.25) is 4.79 Å². The Kier molecular flexibility index (Phi) is 6.88. The minimum absolute atomic E-state index is 0.0396. The first-order chi connectivity index (χ1) is 13.4. The van der Waals surface area contributed by atoms with Crippen molar-refractivity contribution in [2.75, 3.05) is 29.9 Å². The van der Waals surface area contributed by atoms with Crippen molar-refractivity contribution >= 4 is 28.9 Å². The monoisotopic (exact) mass is 406 g/mol. The molecule has 1 aliphatic heterocycles. The number of morpholine rings is 1. The number of rotatable bonds is 6. The van der Waals surface area contributed by atoms with Gasteiger partial charge in [0.2, 0.25) is 5.91 Å². The maximum absolute atomic E-state index is 14.6. The number of hydrogen-bond donors (Lipinski definition) is 1. The molecule has 3 rings (SSSR count). The van der Waals surface area contributed by atoms with Crippen LogP contribution in [0.4, 0.5) is 15.8 Å². The Morgan fingerprint density at radius 3 is 2.64 bits per heavy atom. The van der Waals surface area contributed by atoms with Gasteiger partial charge in [0.05, 0.1) is 24.5 Å². The Morgan fingerprint density at radius 2 is 1.96 bits per heavy atom. The number of nitrogens with one attached hydrogen (secondary N) is 1. The first kappa shape index (κ1) is 20.6. The van der Waals surface area contributed by atoms with Gasteiger partial charge < -0.3 is 19.7 Å². The SMILES string of the molecule is CC1CN(c2ccc(NC(=O)COCc3ccccc3Cl)cc2F)CC(C)O1. The second-order valence-corrected chi connectivity index (χ2v) is 7.37. The van der Waals surface area contributed by atoms with Gasteiger partial charge in [0, 0.05) is 23.8 Å². The number of carbonyl (C=O) groups excluding carboxylic acids is 1. The molecule has 0 aromatic heterocycles. The molecule has 1 amide bonds. The molecule has 1 fully saturated rings. The third-order valence-corrected chi connectivity index (χ3v) is 4.81. The van der Waals surface area contributed by atoms with Crippen LogP contribution in [0.5, 0.6) is 0 Å². The summed E-state index contributed by atoms with van der Waals surface area (Å²) in [5.41, 5.74) is 1.71. The van der Waals surface area contributed by atoms with E-state index in [-0.39, 0.29) is 37.1 Å². The van der Waals surface area contributed by atoms with Gasteiger partial charge in [-0.2, -0.15) is 0 Å². The zero-order valence-electron chi connectivity index (χ0n) is 16.0. The van der Waals surface area contributed by atoms with E-state index >= 15 is 0 Å². The molecule has 1 aliphatic rings. The molecule has 2 aromatic carbocycles. The largest absolute Gasteiger partial charge is 0.372 e. The summed E-state index contributed by atoms with van der Waals surface area (Å²) in [4.78, 5) is 14.0. The summed E-state index contributed by atoms with van der Waals surface area (Å²) in [6.07, 6.45) is 0.0793. The van der Waals surface area contributed by atoms with Crippen molar-refractivity contribution in [3.05, 3.63) is 58.9 Å². The molecule has 1 heterocycles. The summed E-state index contributed by atoms with van der Waals surface area (Å²) in [5.74, 6) is -0.732. The van der Waals surface area contributed by atoms with Crippen LogP contribution < -0.4 is 10.2 Å². The number of ether oxygens (including phenoxy) is 2. The minimum Gasteiger partial charge on any atom is -0.372 e. The van der Waals surface area contributed by atoms with Crippen LogP contribution in [0.15, 0.2) is 42.5 Å². The normalized spacial score (nSPS) is 19.5. The molecule has 0 spiro atoms. The van der Waals surface area contributed by atoms with Crippen LogP contribution in [0.25, 0.3) is 0 Å². The first-order valence-electron chi connectivity index (χ1n) is 9.23. The number of hydrogen-bond acceptors (Lipinski definition) is 4. The topological polar surface area (TPSA) is 50.8 Å². The Bertz CT molecular complexity index is 823. The van der Waals surface area contributed by atoms with Gasteiger partial charge in [-0.1, -0.05) is 29.8 Å². The van der Waals surface area contributed by atoms with Crippen LogP contribution in [0.1, 0.15) is 19.4 Å². The van der Waals surface area contributed by atoms with Crippen LogP contribution in [0.2, 0.25) is 5.02 Å². The lowest BCUT2D eigenvalue weighted by atomic mass is 10.2. The number of anilines is 2. The molecule has 0 aliphatic carbocycles. The maximum Gasteiger partial charge on any atom is 0.250 e. The minimum atomic E-state index is -0.379. The van der Waals surface area contributed by atoms with Gasteiger partial charge in [-0.15, -0.1) is 0 Å². The lowest BCUT2D eigenvalue weighted by Gasteiger charge is -2.37. The summed E-state index contributed by atoms with van der Waals surface area (Å²) in [6.45, 7) is 5.28. The van der Waals surface area contributed by atoms with E-state index in [1.165, 1.54) is 6.07 Å². The molecule has 28 heavy (non-hydrogen) atoms. The van der Waals surface area contributed by atoms with E-state index in [4.69, 9.17) is 21.1 Å². The summed E-state index contributed by atoms with van der Waals surface area (Å²) in [5, 5.41) is 3.24. The zero-order chi connectivity index (χ0) is 20.1. The highest BCUT2D eigenvalue weighted by atomic mass is 35.5. The summed E-state index contributed by atoms with van der Waals surface area (Å²) >= 11 is 6.05. The van der Waals surface area contributed by atoms with Crippen molar-refractivity contribution in [3.63, 3.8) is 0 Å². The fraction of sp³-hybridized carbons (Fsp3) is 0.381. The molecule has 1 saturated heterocycles.